The van der Waals surface area contributed by atoms with Gasteiger partial charge in [-0.15, -0.1) is 0 Å². The average Bonchev–Trinajstić information content (AvgIpc) is 2.42. The maximum absolute atomic E-state index is 11.4. The van der Waals surface area contributed by atoms with Crippen LogP contribution in [0.15, 0.2) is 0 Å². The van der Waals surface area contributed by atoms with Gasteiger partial charge in [-0.2, -0.15) is 0 Å². The minimum atomic E-state index is -1.06. The predicted molar refractivity (Wildman–Crippen MR) is 86.0 cm³/mol. The molecule has 1 saturated heterocycles. The Morgan fingerprint density at radius 2 is 1.33 bits per heavy atom. The van der Waals surface area contributed by atoms with Gasteiger partial charge < -0.3 is 23.7 Å². The molecule has 136 valence electrons. The summed E-state index contributed by atoms with van der Waals surface area (Å²) in [5, 5.41) is 0. The zero-order valence-corrected chi connectivity index (χ0v) is 15.8. The number of alkyl halides is 1. The lowest BCUT2D eigenvalue weighted by atomic mass is 10.0. The Labute approximate surface area is 152 Å². The maximum Gasteiger partial charge on any atom is 0.304 e. The zero-order valence-electron chi connectivity index (χ0n) is 13.6. The van der Waals surface area contributed by atoms with E-state index in [0.717, 1.165) is 0 Å². The van der Waals surface area contributed by atoms with Crippen molar-refractivity contribution in [2.45, 2.75) is 56.2 Å². The van der Waals surface area contributed by atoms with Gasteiger partial charge in [-0.25, -0.2) is 0 Å². The van der Waals surface area contributed by atoms with Crippen molar-refractivity contribution in [3.63, 3.8) is 0 Å². The first-order valence-corrected chi connectivity index (χ1v) is 8.31. The molecule has 5 atom stereocenters. The van der Waals surface area contributed by atoms with E-state index in [1.165, 1.54) is 27.7 Å². The molecule has 1 aliphatic rings. The summed E-state index contributed by atoms with van der Waals surface area (Å²) in [5.74, 6) is -2.39. The van der Waals surface area contributed by atoms with Crippen LogP contribution in [-0.4, -0.2) is 59.0 Å². The Balaban J connectivity index is 3.08. The normalized spacial score (nSPS) is 29.3. The summed E-state index contributed by atoms with van der Waals surface area (Å²) in [6.07, 6.45) is -3.97. The summed E-state index contributed by atoms with van der Waals surface area (Å²) in [5.41, 5.74) is 0. The van der Waals surface area contributed by atoms with E-state index in [1.54, 1.807) is 0 Å². The molecule has 0 amide bonds. The highest BCUT2D eigenvalue weighted by Crippen LogP contribution is 2.32. The fourth-order valence-corrected chi connectivity index (χ4v) is 2.99. The Morgan fingerprint density at radius 3 is 1.79 bits per heavy atom. The van der Waals surface area contributed by atoms with Crippen molar-refractivity contribution >= 4 is 46.5 Å². The molecule has 0 aromatic carbocycles. The molecule has 1 rings (SSSR count). The van der Waals surface area contributed by atoms with E-state index in [-0.39, 0.29) is 6.61 Å². The summed E-state index contributed by atoms with van der Waals surface area (Å²) < 4.78 is 25.3. The minimum Gasteiger partial charge on any atom is -0.463 e. The number of hydrogen-bond acceptors (Lipinski definition) is 9. The zero-order chi connectivity index (χ0) is 18.4. The van der Waals surface area contributed by atoms with Crippen molar-refractivity contribution in [1.29, 1.82) is 0 Å². The molecule has 0 aliphatic carbocycles. The lowest BCUT2D eigenvalue weighted by Crippen LogP contribution is -2.60. The molecule has 0 aromatic rings. The van der Waals surface area contributed by atoms with Crippen LogP contribution < -0.4 is 0 Å². The highest BCUT2D eigenvalue weighted by molar-refractivity contribution is 14.1. The molecule has 1 aliphatic heterocycles. The third kappa shape index (κ3) is 6.23. The Hall–Kier alpha value is -1.43. The van der Waals surface area contributed by atoms with E-state index in [4.69, 9.17) is 23.7 Å². The van der Waals surface area contributed by atoms with Gasteiger partial charge in [0, 0.05) is 27.7 Å². The Kier molecular flexibility index (Phi) is 7.87. The fraction of sp³-hybridized carbons (Fsp3) is 0.714. The number of esters is 4. The molecule has 0 N–H and O–H groups in total. The second kappa shape index (κ2) is 9.16. The van der Waals surface area contributed by atoms with E-state index in [2.05, 4.69) is 0 Å². The van der Waals surface area contributed by atoms with E-state index < -0.39 is 52.4 Å². The number of halogens is 1. The molecule has 1 fully saturated rings. The Morgan fingerprint density at radius 1 is 0.833 bits per heavy atom. The third-order valence-electron chi connectivity index (χ3n) is 2.91. The first kappa shape index (κ1) is 20.6. The smallest absolute Gasteiger partial charge is 0.304 e. The van der Waals surface area contributed by atoms with Crippen LogP contribution in [-0.2, 0) is 42.9 Å². The van der Waals surface area contributed by atoms with E-state index in [9.17, 15) is 19.2 Å². The van der Waals surface area contributed by atoms with Gasteiger partial charge in [-0.1, -0.05) is 22.6 Å². The van der Waals surface area contributed by atoms with Crippen molar-refractivity contribution < 1.29 is 42.9 Å². The SMILES string of the molecule is CC(=O)OC[C@H]1O[C@H](OC(C)=O)[C@H](I)[C@@H](OC(C)=O)[C@@H]1OC(C)=O. The standard InChI is InChI=1S/C14H19IO9/c1-6(16)20-5-10-12(21-7(2)17)13(22-8(3)18)11(15)14(24-10)23-9(4)19/h10-14H,5H2,1-4H3/t10-,11-,12-,13-,14+/m1/s1. The van der Waals surface area contributed by atoms with Gasteiger partial charge in [0.05, 0.1) is 0 Å². The van der Waals surface area contributed by atoms with Crippen LogP contribution in [0.1, 0.15) is 27.7 Å². The van der Waals surface area contributed by atoms with E-state index in [0.29, 0.717) is 0 Å². The van der Waals surface area contributed by atoms with E-state index >= 15 is 0 Å². The van der Waals surface area contributed by atoms with Crippen LogP contribution in [0.25, 0.3) is 0 Å². The van der Waals surface area contributed by atoms with Crippen molar-refractivity contribution in [1.82, 2.24) is 0 Å². The molecular weight excluding hydrogens is 439 g/mol. The molecule has 0 aromatic heterocycles. The monoisotopic (exact) mass is 458 g/mol. The molecule has 0 bridgehead atoms. The number of carbonyl (C=O) groups is 4. The maximum atomic E-state index is 11.4. The number of carbonyl (C=O) groups excluding carboxylic acids is 4. The summed E-state index contributed by atoms with van der Waals surface area (Å²) in [6.45, 7) is 4.54. The lowest BCUT2D eigenvalue weighted by Gasteiger charge is -2.42. The van der Waals surface area contributed by atoms with Crippen LogP contribution >= 0.6 is 22.6 Å². The van der Waals surface area contributed by atoms with Crippen LogP contribution in [0.5, 0.6) is 0 Å². The number of hydrogen-bond donors (Lipinski definition) is 0. The van der Waals surface area contributed by atoms with Gasteiger partial charge in [-0.05, 0) is 0 Å². The second-order valence-electron chi connectivity index (χ2n) is 5.05. The fourth-order valence-electron chi connectivity index (χ4n) is 2.12. The van der Waals surface area contributed by atoms with Gasteiger partial charge in [-0.3, -0.25) is 19.2 Å². The number of rotatable bonds is 5. The topological polar surface area (TPSA) is 114 Å². The predicted octanol–water partition coefficient (Wildman–Crippen LogP) is 0.504. The van der Waals surface area contributed by atoms with Gasteiger partial charge in [0.25, 0.3) is 0 Å². The lowest BCUT2D eigenvalue weighted by molar-refractivity contribution is -0.254. The molecule has 0 saturated carbocycles. The summed E-state index contributed by atoms with van der Waals surface area (Å²) in [6, 6.07) is 0. The van der Waals surface area contributed by atoms with Crippen LogP contribution in [0.3, 0.4) is 0 Å². The number of ether oxygens (including phenoxy) is 5. The van der Waals surface area contributed by atoms with Crippen LogP contribution in [0.4, 0.5) is 0 Å². The molecule has 9 nitrogen and oxygen atoms in total. The molecule has 0 radical (unpaired) electrons. The summed E-state index contributed by atoms with van der Waals surface area (Å²) in [4.78, 5) is 45.0. The first-order valence-electron chi connectivity index (χ1n) is 7.06. The van der Waals surface area contributed by atoms with Gasteiger partial charge in [0.1, 0.15) is 16.6 Å². The minimum absolute atomic E-state index is 0.258. The quantitative estimate of drug-likeness (QED) is 0.252. The largest absolute Gasteiger partial charge is 0.463 e. The molecule has 0 spiro atoms. The second-order valence-corrected chi connectivity index (χ2v) is 6.49. The van der Waals surface area contributed by atoms with Gasteiger partial charge in [0.15, 0.2) is 12.2 Å². The van der Waals surface area contributed by atoms with Crippen molar-refractivity contribution in [2.24, 2.45) is 0 Å². The van der Waals surface area contributed by atoms with Crippen molar-refractivity contribution in [3.05, 3.63) is 0 Å². The van der Waals surface area contributed by atoms with Gasteiger partial charge in [0.2, 0.25) is 6.29 Å². The average molecular weight is 458 g/mol. The summed E-state index contributed by atoms with van der Waals surface area (Å²) in [7, 11) is 0. The molecule has 1 heterocycles. The highest BCUT2D eigenvalue weighted by Gasteiger charge is 2.50. The van der Waals surface area contributed by atoms with E-state index in [1.807, 2.05) is 22.6 Å². The molecule has 10 heteroatoms. The third-order valence-corrected chi connectivity index (χ3v) is 4.21. The van der Waals surface area contributed by atoms with Crippen LogP contribution in [0, 0.1) is 0 Å². The van der Waals surface area contributed by atoms with Crippen molar-refractivity contribution in [3.8, 4) is 0 Å². The van der Waals surface area contributed by atoms with Crippen LogP contribution in [0.2, 0.25) is 0 Å². The molecule has 24 heavy (non-hydrogen) atoms. The molecular formula is C14H19IO9. The van der Waals surface area contributed by atoms with Gasteiger partial charge >= 0.3 is 23.9 Å². The first-order chi connectivity index (χ1) is 11.1. The molecule has 0 unspecified atom stereocenters. The highest BCUT2D eigenvalue weighted by atomic mass is 127. The van der Waals surface area contributed by atoms with Crippen molar-refractivity contribution in [2.75, 3.05) is 6.61 Å². The summed E-state index contributed by atoms with van der Waals surface area (Å²) >= 11 is 1.88. The Bertz CT molecular complexity index is 490.